The Morgan fingerprint density at radius 2 is 1.82 bits per heavy atom. The van der Waals surface area contributed by atoms with Gasteiger partial charge in [-0.1, -0.05) is 18.2 Å². The molecule has 0 N–H and O–H groups in total. The summed E-state index contributed by atoms with van der Waals surface area (Å²) in [6.07, 6.45) is 1.67. The van der Waals surface area contributed by atoms with Crippen molar-refractivity contribution in [2.75, 3.05) is 18.8 Å². The van der Waals surface area contributed by atoms with Crippen LogP contribution in [0, 0.1) is 7.05 Å². The third-order valence-electron chi connectivity index (χ3n) is 4.01. The van der Waals surface area contributed by atoms with E-state index in [1.165, 1.54) is 0 Å². The van der Waals surface area contributed by atoms with Crippen LogP contribution in [0.2, 0.25) is 0 Å². The fourth-order valence-electron chi connectivity index (χ4n) is 3.06. The van der Waals surface area contributed by atoms with E-state index in [9.17, 15) is 8.42 Å². The average molecular weight is 249 g/mol. The molecule has 0 aliphatic carbocycles. The molecule has 0 atom stereocenters. The molecule has 1 fully saturated rings. The Balaban J connectivity index is 2.11. The number of likely N-dealkylation sites (tertiary alicyclic amines) is 1. The number of sulfone groups is 1. The molecule has 2 aliphatic heterocycles. The maximum atomic E-state index is 12.2. The molecular weight excluding hydrogens is 234 g/mol. The summed E-state index contributed by atoms with van der Waals surface area (Å²) < 4.78 is 24.3. The van der Waals surface area contributed by atoms with Gasteiger partial charge in [-0.05, 0) is 37.6 Å². The Morgan fingerprint density at radius 3 is 2.53 bits per heavy atom. The van der Waals surface area contributed by atoms with Crippen molar-refractivity contribution in [2.24, 2.45) is 0 Å². The fourth-order valence-corrected chi connectivity index (χ4v) is 5.29. The molecule has 2 aliphatic rings. The van der Waals surface area contributed by atoms with E-state index >= 15 is 0 Å². The molecule has 0 unspecified atom stereocenters. The summed E-state index contributed by atoms with van der Waals surface area (Å²) in [7, 11) is 2.67. The number of fused-ring (bicyclic) bond motifs is 2. The topological polar surface area (TPSA) is 37.4 Å². The zero-order valence-corrected chi connectivity index (χ0v) is 10.4. The van der Waals surface area contributed by atoms with Crippen molar-refractivity contribution in [1.29, 1.82) is 0 Å². The van der Waals surface area contributed by atoms with Crippen molar-refractivity contribution in [3.05, 3.63) is 36.9 Å². The molecule has 4 heteroatoms. The van der Waals surface area contributed by atoms with Crippen LogP contribution in [0.15, 0.2) is 29.2 Å². The predicted molar refractivity (Wildman–Crippen MR) is 65.3 cm³/mol. The number of nitrogens with zero attached hydrogens (tertiary/aromatic N) is 1. The van der Waals surface area contributed by atoms with Gasteiger partial charge < -0.3 is 0 Å². The van der Waals surface area contributed by atoms with Crippen LogP contribution in [0.25, 0.3) is 0 Å². The number of rotatable bonds is 0. The molecule has 3 nitrogen and oxygen atoms in total. The largest absolute Gasteiger partial charge is 0.297 e. The molecule has 1 spiro atoms. The van der Waals surface area contributed by atoms with Gasteiger partial charge in [0.2, 0.25) is 0 Å². The highest BCUT2D eigenvalue weighted by Crippen LogP contribution is 2.46. The van der Waals surface area contributed by atoms with Crippen LogP contribution in [0.3, 0.4) is 0 Å². The van der Waals surface area contributed by atoms with Gasteiger partial charge in [-0.3, -0.25) is 4.90 Å². The molecule has 0 aromatic heterocycles. The molecule has 2 radical (unpaired) electrons. The Labute approximate surface area is 102 Å². The summed E-state index contributed by atoms with van der Waals surface area (Å²) in [5.41, 5.74) is 0.818. The number of hydrogen-bond acceptors (Lipinski definition) is 3. The van der Waals surface area contributed by atoms with Gasteiger partial charge in [-0.2, -0.15) is 0 Å². The lowest BCUT2D eigenvalue weighted by Gasteiger charge is -2.37. The Morgan fingerprint density at radius 1 is 1.18 bits per heavy atom. The normalized spacial score (nSPS) is 25.9. The summed E-state index contributed by atoms with van der Waals surface area (Å²) in [5.74, 6) is 0.257. The van der Waals surface area contributed by atoms with Crippen molar-refractivity contribution in [2.45, 2.75) is 23.2 Å². The second-order valence-corrected chi connectivity index (χ2v) is 7.03. The monoisotopic (exact) mass is 249 g/mol. The van der Waals surface area contributed by atoms with Gasteiger partial charge in [0.05, 0.1) is 10.6 Å². The minimum atomic E-state index is -3.09. The van der Waals surface area contributed by atoms with E-state index in [0.29, 0.717) is 4.90 Å². The smallest absolute Gasteiger partial charge is 0.179 e. The van der Waals surface area contributed by atoms with E-state index in [0.717, 1.165) is 31.5 Å². The van der Waals surface area contributed by atoms with Gasteiger partial charge in [0.25, 0.3) is 0 Å². The molecule has 90 valence electrons. The van der Waals surface area contributed by atoms with Crippen LogP contribution in [0.4, 0.5) is 0 Å². The SMILES string of the molecule is [CH]N1CCC2(CC1)CS(=O)(=O)c1ccccc12. The molecule has 2 heterocycles. The van der Waals surface area contributed by atoms with Crippen molar-refractivity contribution in [3.63, 3.8) is 0 Å². The van der Waals surface area contributed by atoms with Gasteiger partial charge in [0.1, 0.15) is 0 Å². The van der Waals surface area contributed by atoms with Crippen LogP contribution in [-0.4, -0.2) is 32.2 Å². The van der Waals surface area contributed by atoms with E-state index in [-0.39, 0.29) is 11.2 Å². The van der Waals surface area contributed by atoms with Crippen LogP contribution in [0.1, 0.15) is 18.4 Å². The number of hydrogen-bond donors (Lipinski definition) is 0. The highest BCUT2D eigenvalue weighted by atomic mass is 32.2. The average Bonchev–Trinajstić information content (AvgIpc) is 2.53. The Bertz CT molecular complexity index is 542. The fraction of sp³-hybridized carbons (Fsp3) is 0.462. The summed E-state index contributed by atoms with van der Waals surface area (Å²) >= 11 is 0. The minimum absolute atomic E-state index is 0.189. The van der Waals surface area contributed by atoms with E-state index in [1.807, 2.05) is 12.1 Å². The zero-order valence-electron chi connectivity index (χ0n) is 9.59. The van der Waals surface area contributed by atoms with Crippen LogP contribution in [-0.2, 0) is 15.3 Å². The lowest BCUT2D eigenvalue weighted by Crippen LogP contribution is -2.41. The number of piperidine rings is 1. The zero-order chi connectivity index (χ0) is 12.1. The molecule has 17 heavy (non-hydrogen) atoms. The summed E-state index contributed by atoms with van der Waals surface area (Å²) in [6.45, 7) is 1.54. The van der Waals surface area contributed by atoms with E-state index in [1.54, 1.807) is 17.0 Å². The molecular formula is C13H15NO2S. The molecule has 3 rings (SSSR count). The van der Waals surface area contributed by atoms with Gasteiger partial charge in [0, 0.05) is 12.5 Å². The molecule has 1 aromatic carbocycles. The molecule has 0 amide bonds. The quantitative estimate of drug-likeness (QED) is 0.699. The first kappa shape index (κ1) is 11.2. The van der Waals surface area contributed by atoms with Crippen molar-refractivity contribution >= 4 is 9.84 Å². The first-order chi connectivity index (χ1) is 8.04. The Kier molecular flexibility index (Phi) is 2.35. The number of benzene rings is 1. The Hall–Kier alpha value is -0.870. The van der Waals surface area contributed by atoms with Crippen molar-refractivity contribution in [1.82, 2.24) is 4.90 Å². The van der Waals surface area contributed by atoms with Crippen LogP contribution in [0.5, 0.6) is 0 Å². The summed E-state index contributed by atoms with van der Waals surface area (Å²) in [5, 5.41) is 0. The minimum Gasteiger partial charge on any atom is -0.297 e. The highest BCUT2D eigenvalue weighted by Gasteiger charge is 2.47. The van der Waals surface area contributed by atoms with E-state index in [4.69, 9.17) is 7.05 Å². The summed E-state index contributed by atoms with van der Waals surface area (Å²) in [6, 6.07) is 7.42. The van der Waals surface area contributed by atoms with Gasteiger partial charge >= 0.3 is 0 Å². The van der Waals surface area contributed by atoms with Crippen molar-refractivity contribution < 1.29 is 8.42 Å². The molecule has 0 saturated carbocycles. The second kappa shape index (κ2) is 3.56. The first-order valence-corrected chi connectivity index (χ1v) is 7.51. The second-order valence-electron chi connectivity index (χ2n) is 5.07. The predicted octanol–water partition coefficient (Wildman–Crippen LogP) is 1.48. The highest BCUT2D eigenvalue weighted by molar-refractivity contribution is 7.91. The van der Waals surface area contributed by atoms with Crippen LogP contribution < -0.4 is 0 Å². The third-order valence-corrected chi connectivity index (χ3v) is 5.97. The molecule has 0 bridgehead atoms. The van der Waals surface area contributed by atoms with Gasteiger partial charge in [-0.15, -0.1) is 0 Å². The maximum Gasteiger partial charge on any atom is 0.179 e. The first-order valence-electron chi connectivity index (χ1n) is 5.85. The van der Waals surface area contributed by atoms with Crippen LogP contribution >= 0.6 is 0 Å². The standard InChI is InChI=1S/C13H15NO2S/c1-14-8-6-13(7-9-14)10-17(15,16)12-5-3-2-4-11(12)13/h1-5H,6-10H2. The van der Waals surface area contributed by atoms with E-state index in [2.05, 4.69) is 0 Å². The maximum absolute atomic E-state index is 12.2. The third kappa shape index (κ3) is 1.62. The lowest BCUT2D eigenvalue weighted by molar-refractivity contribution is 0.221. The van der Waals surface area contributed by atoms with E-state index < -0.39 is 9.84 Å². The summed E-state index contributed by atoms with van der Waals surface area (Å²) in [4.78, 5) is 2.31. The van der Waals surface area contributed by atoms with Gasteiger partial charge in [0.15, 0.2) is 9.84 Å². The molecule has 1 aromatic rings. The lowest BCUT2D eigenvalue weighted by atomic mass is 9.75. The van der Waals surface area contributed by atoms with Gasteiger partial charge in [-0.25, -0.2) is 8.42 Å². The van der Waals surface area contributed by atoms with Crippen molar-refractivity contribution in [3.8, 4) is 0 Å². The molecule has 1 saturated heterocycles.